The van der Waals surface area contributed by atoms with Crippen LogP contribution in [0.25, 0.3) is 0 Å². The SMILES string of the molecule is CCOc1ccc(S(=O)(=O)N2CCCCC2)cc1C. The summed E-state index contributed by atoms with van der Waals surface area (Å²) in [7, 11) is -3.34. The average Bonchev–Trinajstić information content (AvgIpc) is 2.42. The summed E-state index contributed by atoms with van der Waals surface area (Å²) in [5, 5.41) is 0. The molecule has 0 radical (unpaired) electrons. The molecule has 1 aromatic rings. The van der Waals surface area contributed by atoms with E-state index in [9.17, 15) is 8.42 Å². The molecule has 0 saturated carbocycles. The lowest BCUT2D eigenvalue weighted by molar-refractivity contribution is 0.337. The Balaban J connectivity index is 2.27. The number of hydrogen-bond acceptors (Lipinski definition) is 3. The van der Waals surface area contributed by atoms with E-state index in [-0.39, 0.29) is 0 Å². The molecule has 0 aliphatic carbocycles. The molecule has 0 atom stereocenters. The van der Waals surface area contributed by atoms with E-state index in [1.165, 1.54) is 0 Å². The maximum Gasteiger partial charge on any atom is 0.243 e. The number of rotatable bonds is 4. The number of piperidine rings is 1. The summed E-state index contributed by atoms with van der Waals surface area (Å²) in [5.74, 6) is 0.750. The molecule has 0 unspecified atom stereocenters. The van der Waals surface area contributed by atoms with Gasteiger partial charge in [0, 0.05) is 13.1 Å². The van der Waals surface area contributed by atoms with E-state index in [1.807, 2.05) is 13.8 Å². The van der Waals surface area contributed by atoms with Gasteiger partial charge in [0.05, 0.1) is 11.5 Å². The lowest BCUT2D eigenvalue weighted by Crippen LogP contribution is -2.35. The van der Waals surface area contributed by atoms with Crippen LogP contribution >= 0.6 is 0 Å². The van der Waals surface area contributed by atoms with Gasteiger partial charge in [-0.25, -0.2) is 8.42 Å². The fraction of sp³-hybridized carbons (Fsp3) is 0.571. The monoisotopic (exact) mass is 283 g/mol. The zero-order chi connectivity index (χ0) is 13.9. The lowest BCUT2D eigenvalue weighted by Gasteiger charge is -2.26. The highest BCUT2D eigenvalue weighted by Gasteiger charge is 2.26. The van der Waals surface area contributed by atoms with Crippen LogP contribution in [0, 0.1) is 6.92 Å². The number of hydrogen-bond donors (Lipinski definition) is 0. The first-order valence-electron chi connectivity index (χ1n) is 6.79. The molecule has 1 fully saturated rings. The number of aryl methyl sites for hydroxylation is 1. The molecule has 0 N–H and O–H groups in total. The molecule has 4 nitrogen and oxygen atoms in total. The van der Waals surface area contributed by atoms with Crippen molar-refractivity contribution >= 4 is 10.0 Å². The Morgan fingerprint density at radius 1 is 1.21 bits per heavy atom. The van der Waals surface area contributed by atoms with Crippen molar-refractivity contribution in [2.24, 2.45) is 0 Å². The second-order valence-electron chi connectivity index (χ2n) is 4.83. The molecular formula is C14H21NO3S. The van der Waals surface area contributed by atoms with Gasteiger partial charge >= 0.3 is 0 Å². The predicted octanol–water partition coefficient (Wildman–Crippen LogP) is 2.57. The molecule has 0 bridgehead atoms. The highest BCUT2D eigenvalue weighted by atomic mass is 32.2. The lowest BCUT2D eigenvalue weighted by atomic mass is 10.2. The molecule has 0 aromatic heterocycles. The van der Waals surface area contributed by atoms with E-state index in [0.717, 1.165) is 30.6 Å². The van der Waals surface area contributed by atoms with Crippen LogP contribution in [0.1, 0.15) is 31.7 Å². The first-order chi connectivity index (χ1) is 9.05. The summed E-state index contributed by atoms with van der Waals surface area (Å²) in [6.45, 7) is 5.64. The van der Waals surface area contributed by atoms with E-state index in [1.54, 1.807) is 22.5 Å². The zero-order valence-corrected chi connectivity index (χ0v) is 12.4. The van der Waals surface area contributed by atoms with E-state index in [2.05, 4.69) is 0 Å². The molecule has 5 heteroatoms. The molecule has 106 valence electrons. The third-order valence-corrected chi connectivity index (χ3v) is 5.29. The maximum absolute atomic E-state index is 12.5. The number of benzene rings is 1. The van der Waals surface area contributed by atoms with Gasteiger partial charge in [-0.1, -0.05) is 6.42 Å². The Bertz CT molecular complexity index is 534. The van der Waals surface area contributed by atoms with Gasteiger partial charge in [0.15, 0.2) is 0 Å². The fourth-order valence-electron chi connectivity index (χ4n) is 2.35. The van der Waals surface area contributed by atoms with Crippen LogP contribution in [0.15, 0.2) is 23.1 Å². The summed E-state index contributed by atoms with van der Waals surface area (Å²) in [6.07, 6.45) is 3.03. The van der Waals surface area contributed by atoms with Gasteiger partial charge in [0.1, 0.15) is 5.75 Å². The highest BCUT2D eigenvalue weighted by molar-refractivity contribution is 7.89. The van der Waals surface area contributed by atoms with Gasteiger partial charge < -0.3 is 4.74 Å². The van der Waals surface area contributed by atoms with Gasteiger partial charge in [-0.2, -0.15) is 4.31 Å². The summed E-state index contributed by atoms with van der Waals surface area (Å²) in [5.41, 5.74) is 0.861. The largest absolute Gasteiger partial charge is 0.494 e. The third kappa shape index (κ3) is 3.09. The minimum atomic E-state index is -3.34. The molecule has 1 aliphatic heterocycles. The van der Waals surface area contributed by atoms with E-state index >= 15 is 0 Å². The molecule has 2 rings (SSSR count). The van der Waals surface area contributed by atoms with Crippen LogP contribution in [0.5, 0.6) is 5.75 Å². The minimum Gasteiger partial charge on any atom is -0.494 e. The van der Waals surface area contributed by atoms with Crippen LogP contribution < -0.4 is 4.74 Å². The zero-order valence-electron chi connectivity index (χ0n) is 11.6. The normalized spacial score (nSPS) is 17.4. The first-order valence-corrected chi connectivity index (χ1v) is 8.23. The summed E-state index contributed by atoms with van der Waals surface area (Å²) >= 11 is 0. The van der Waals surface area contributed by atoms with Crippen molar-refractivity contribution in [3.05, 3.63) is 23.8 Å². The van der Waals surface area contributed by atoms with Crippen molar-refractivity contribution in [3.63, 3.8) is 0 Å². The van der Waals surface area contributed by atoms with Gasteiger partial charge in [0.2, 0.25) is 10.0 Å². The number of nitrogens with zero attached hydrogens (tertiary/aromatic N) is 1. The van der Waals surface area contributed by atoms with Gasteiger partial charge in [0.25, 0.3) is 0 Å². The van der Waals surface area contributed by atoms with Crippen molar-refractivity contribution in [1.29, 1.82) is 0 Å². The maximum atomic E-state index is 12.5. The summed E-state index contributed by atoms with van der Waals surface area (Å²) < 4.78 is 32.0. The Morgan fingerprint density at radius 2 is 1.89 bits per heavy atom. The molecular weight excluding hydrogens is 262 g/mol. The predicted molar refractivity (Wildman–Crippen MR) is 75.0 cm³/mol. The average molecular weight is 283 g/mol. The van der Waals surface area contributed by atoms with Crippen molar-refractivity contribution in [2.45, 2.75) is 38.0 Å². The molecule has 19 heavy (non-hydrogen) atoms. The fourth-order valence-corrected chi connectivity index (χ4v) is 3.96. The Labute approximate surface area is 115 Å². The third-order valence-electron chi connectivity index (χ3n) is 3.40. The van der Waals surface area contributed by atoms with Gasteiger partial charge in [-0.3, -0.25) is 0 Å². The van der Waals surface area contributed by atoms with Gasteiger partial charge in [-0.05, 0) is 50.5 Å². The second kappa shape index (κ2) is 5.92. The van der Waals surface area contributed by atoms with Crippen LogP contribution in [0.2, 0.25) is 0 Å². The number of sulfonamides is 1. The van der Waals surface area contributed by atoms with Gasteiger partial charge in [-0.15, -0.1) is 0 Å². The van der Waals surface area contributed by atoms with E-state index in [0.29, 0.717) is 24.6 Å². The summed E-state index contributed by atoms with van der Waals surface area (Å²) in [6, 6.07) is 5.09. The molecule has 1 aromatic carbocycles. The molecule has 1 saturated heterocycles. The second-order valence-corrected chi connectivity index (χ2v) is 6.76. The quantitative estimate of drug-likeness (QED) is 0.853. The van der Waals surface area contributed by atoms with Crippen LogP contribution in [-0.4, -0.2) is 32.4 Å². The minimum absolute atomic E-state index is 0.371. The van der Waals surface area contributed by atoms with Crippen LogP contribution in [0.3, 0.4) is 0 Å². The highest BCUT2D eigenvalue weighted by Crippen LogP contribution is 2.25. The van der Waals surface area contributed by atoms with E-state index < -0.39 is 10.0 Å². The van der Waals surface area contributed by atoms with Crippen LogP contribution in [-0.2, 0) is 10.0 Å². The van der Waals surface area contributed by atoms with E-state index in [4.69, 9.17) is 4.74 Å². The summed E-state index contributed by atoms with van der Waals surface area (Å²) in [4.78, 5) is 0.371. The first kappa shape index (κ1) is 14.3. The number of ether oxygens (including phenoxy) is 1. The van der Waals surface area contributed by atoms with Crippen molar-refractivity contribution in [3.8, 4) is 5.75 Å². The van der Waals surface area contributed by atoms with Crippen molar-refractivity contribution in [2.75, 3.05) is 19.7 Å². The topological polar surface area (TPSA) is 46.6 Å². The standard InChI is InChI=1S/C14H21NO3S/c1-3-18-14-8-7-13(11-12(14)2)19(16,17)15-9-5-4-6-10-15/h7-8,11H,3-6,9-10H2,1-2H3. The molecule has 1 heterocycles. The Morgan fingerprint density at radius 3 is 2.47 bits per heavy atom. The Kier molecular flexibility index (Phi) is 4.47. The van der Waals surface area contributed by atoms with Crippen molar-refractivity contribution < 1.29 is 13.2 Å². The van der Waals surface area contributed by atoms with Crippen LogP contribution in [0.4, 0.5) is 0 Å². The molecule has 1 aliphatic rings. The Hall–Kier alpha value is -1.07. The van der Waals surface area contributed by atoms with Crippen molar-refractivity contribution in [1.82, 2.24) is 4.31 Å². The molecule has 0 spiro atoms. The molecule has 0 amide bonds. The smallest absolute Gasteiger partial charge is 0.243 e.